The van der Waals surface area contributed by atoms with Gasteiger partial charge in [0.1, 0.15) is 11.4 Å². The summed E-state index contributed by atoms with van der Waals surface area (Å²) in [7, 11) is 0. The number of anilines is 1. The topological polar surface area (TPSA) is 115 Å². The fraction of sp³-hybridized carbons (Fsp3) is 0. The van der Waals surface area contributed by atoms with Crippen LogP contribution in [0.2, 0.25) is 5.02 Å². The van der Waals surface area contributed by atoms with Crippen LogP contribution in [-0.2, 0) is 0 Å². The number of halogens is 2. The van der Waals surface area contributed by atoms with Crippen molar-refractivity contribution in [2.75, 3.05) is 5.32 Å². The first-order valence-corrected chi connectivity index (χ1v) is 6.36. The molecule has 1 amide bonds. The van der Waals surface area contributed by atoms with E-state index in [1.807, 2.05) is 0 Å². The molecule has 0 aliphatic carbocycles. The Morgan fingerprint density at radius 3 is 2.39 bits per heavy atom. The highest BCUT2D eigenvalue weighted by molar-refractivity contribution is 6.31. The molecule has 0 unspecified atom stereocenters. The van der Waals surface area contributed by atoms with Crippen molar-refractivity contribution in [2.24, 2.45) is 0 Å². The molecule has 0 aliphatic heterocycles. The average molecular weight is 340 g/mol. The van der Waals surface area contributed by atoms with E-state index in [1.54, 1.807) is 0 Å². The van der Waals surface area contributed by atoms with Crippen LogP contribution in [0, 0.1) is 26.0 Å². The van der Waals surface area contributed by atoms with Crippen molar-refractivity contribution in [3.05, 3.63) is 73.0 Å². The van der Waals surface area contributed by atoms with Gasteiger partial charge in [-0.3, -0.25) is 25.0 Å². The minimum absolute atomic E-state index is 0.0507. The second-order valence-electron chi connectivity index (χ2n) is 4.29. The fourth-order valence-electron chi connectivity index (χ4n) is 1.76. The highest BCUT2D eigenvalue weighted by Gasteiger charge is 2.22. The monoisotopic (exact) mass is 339 g/mol. The van der Waals surface area contributed by atoms with Crippen molar-refractivity contribution >= 4 is 34.6 Å². The molecule has 1 N–H and O–H groups in total. The van der Waals surface area contributed by atoms with Gasteiger partial charge < -0.3 is 5.32 Å². The van der Waals surface area contributed by atoms with E-state index in [1.165, 1.54) is 6.07 Å². The summed E-state index contributed by atoms with van der Waals surface area (Å²) in [6.07, 6.45) is 0. The van der Waals surface area contributed by atoms with E-state index in [4.69, 9.17) is 11.6 Å². The maximum absolute atomic E-state index is 13.6. The van der Waals surface area contributed by atoms with Crippen molar-refractivity contribution in [2.45, 2.75) is 0 Å². The molecule has 0 radical (unpaired) electrons. The number of hydrogen-bond acceptors (Lipinski definition) is 5. The number of non-ortho nitro benzene ring substituents is 1. The smallest absolute Gasteiger partial charge is 0.283 e. The highest BCUT2D eigenvalue weighted by atomic mass is 35.5. The van der Waals surface area contributed by atoms with Gasteiger partial charge in [-0.05, 0) is 18.2 Å². The second-order valence-corrected chi connectivity index (χ2v) is 4.73. The summed E-state index contributed by atoms with van der Waals surface area (Å²) in [6.45, 7) is 0. The predicted octanol–water partition coefficient (Wildman–Crippen LogP) is 3.55. The molecule has 0 saturated carbocycles. The molecular weight excluding hydrogens is 333 g/mol. The average Bonchev–Trinajstić information content (AvgIpc) is 2.48. The van der Waals surface area contributed by atoms with Gasteiger partial charge in [0.05, 0.1) is 15.5 Å². The van der Waals surface area contributed by atoms with Crippen LogP contribution in [-0.4, -0.2) is 15.8 Å². The molecule has 23 heavy (non-hydrogen) atoms. The van der Waals surface area contributed by atoms with Gasteiger partial charge in [0.25, 0.3) is 17.3 Å². The first-order valence-electron chi connectivity index (χ1n) is 5.99. The van der Waals surface area contributed by atoms with Gasteiger partial charge in [-0.2, -0.15) is 0 Å². The van der Waals surface area contributed by atoms with Gasteiger partial charge in [-0.1, -0.05) is 11.6 Å². The zero-order chi connectivity index (χ0) is 17.1. The van der Waals surface area contributed by atoms with E-state index < -0.39 is 38.6 Å². The lowest BCUT2D eigenvalue weighted by molar-refractivity contribution is -0.385. The van der Waals surface area contributed by atoms with Gasteiger partial charge in [0, 0.05) is 23.2 Å². The van der Waals surface area contributed by atoms with E-state index in [0.29, 0.717) is 0 Å². The lowest BCUT2D eigenvalue weighted by atomic mass is 10.1. The molecule has 0 fully saturated rings. The number of nitro benzene ring substituents is 2. The first kappa shape index (κ1) is 16.3. The summed E-state index contributed by atoms with van der Waals surface area (Å²) in [5.41, 5.74) is -1.83. The van der Waals surface area contributed by atoms with Gasteiger partial charge in [0.2, 0.25) is 0 Å². The summed E-state index contributed by atoms with van der Waals surface area (Å²) in [5.74, 6) is -1.91. The first-order chi connectivity index (χ1) is 10.8. The molecule has 10 heteroatoms. The number of carbonyl (C=O) groups is 1. The fourth-order valence-corrected chi connectivity index (χ4v) is 1.93. The minimum Gasteiger partial charge on any atom is -0.319 e. The molecule has 0 heterocycles. The Kier molecular flexibility index (Phi) is 4.51. The Bertz CT molecular complexity index is 827. The Balaban J connectivity index is 2.39. The van der Waals surface area contributed by atoms with Crippen LogP contribution in [0.25, 0.3) is 0 Å². The minimum atomic E-state index is -0.993. The zero-order valence-electron chi connectivity index (χ0n) is 11.2. The predicted molar refractivity (Wildman–Crippen MR) is 79.1 cm³/mol. The number of rotatable bonds is 4. The van der Waals surface area contributed by atoms with Crippen LogP contribution in [0.5, 0.6) is 0 Å². The third-order valence-electron chi connectivity index (χ3n) is 2.81. The Morgan fingerprint density at radius 1 is 1.09 bits per heavy atom. The molecule has 2 aromatic rings. The van der Waals surface area contributed by atoms with Crippen molar-refractivity contribution in [1.82, 2.24) is 0 Å². The number of carbonyl (C=O) groups excluding carboxylic acids is 1. The molecule has 118 valence electrons. The number of nitrogens with zero attached hydrogens (tertiary/aromatic N) is 2. The van der Waals surface area contributed by atoms with Crippen LogP contribution in [0.15, 0.2) is 36.4 Å². The van der Waals surface area contributed by atoms with Crippen LogP contribution in [0.4, 0.5) is 21.5 Å². The van der Waals surface area contributed by atoms with Crippen molar-refractivity contribution in [3.63, 3.8) is 0 Å². The second kappa shape index (κ2) is 6.36. The van der Waals surface area contributed by atoms with Crippen LogP contribution in [0.1, 0.15) is 10.4 Å². The Labute approximate surface area is 132 Å². The largest absolute Gasteiger partial charge is 0.319 e. The molecular formula is C13H7ClFN3O5. The molecule has 2 rings (SSSR count). The quantitative estimate of drug-likeness (QED) is 0.675. The molecule has 0 aromatic heterocycles. The zero-order valence-corrected chi connectivity index (χ0v) is 11.9. The number of nitrogens with one attached hydrogen (secondary N) is 1. The standard InChI is InChI=1S/C13H7ClFN3O5/c14-7-1-3-9(12(5-7)18(22)23)13(19)16-11-6-8(17(20)21)2-4-10(11)15/h1-6H,(H,16,19). The molecule has 8 nitrogen and oxygen atoms in total. The van der Waals surface area contributed by atoms with Crippen molar-refractivity contribution in [1.29, 1.82) is 0 Å². The van der Waals surface area contributed by atoms with Crippen molar-refractivity contribution in [3.8, 4) is 0 Å². The number of benzene rings is 2. The van der Waals surface area contributed by atoms with E-state index in [0.717, 1.165) is 30.3 Å². The van der Waals surface area contributed by atoms with Crippen molar-refractivity contribution < 1.29 is 19.0 Å². The number of nitro groups is 2. The van der Waals surface area contributed by atoms with Gasteiger partial charge >= 0.3 is 0 Å². The number of hydrogen-bond donors (Lipinski definition) is 1. The van der Waals surface area contributed by atoms with E-state index in [-0.39, 0.29) is 10.6 Å². The van der Waals surface area contributed by atoms with Gasteiger partial charge in [0.15, 0.2) is 0 Å². The molecule has 0 spiro atoms. The van der Waals surface area contributed by atoms with E-state index in [9.17, 15) is 29.4 Å². The summed E-state index contributed by atoms with van der Waals surface area (Å²) < 4.78 is 13.6. The normalized spacial score (nSPS) is 10.2. The van der Waals surface area contributed by atoms with E-state index in [2.05, 4.69) is 5.32 Å². The molecule has 0 atom stereocenters. The lowest BCUT2D eigenvalue weighted by Crippen LogP contribution is -2.15. The summed E-state index contributed by atoms with van der Waals surface area (Å²) in [6, 6.07) is 5.88. The molecule has 0 bridgehead atoms. The van der Waals surface area contributed by atoms with Crippen LogP contribution in [0.3, 0.4) is 0 Å². The van der Waals surface area contributed by atoms with Gasteiger partial charge in [-0.15, -0.1) is 0 Å². The SMILES string of the molecule is O=C(Nc1cc([N+](=O)[O-])ccc1F)c1ccc(Cl)cc1[N+](=O)[O-]. The van der Waals surface area contributed by atoms with E-state index >= 15 is 0 Å². The molecule has 2 aromatic carbocycles. The molecule has 0 aliphatic rings. The summed E-state index contributed by atoms with van der Waals surface area (Å²) >= 11 is 5.64. The lowest BCUT2D eigenvalue weighted by Gasteiger charge is -2.07. The third kappa shape index (κ3) is 3.58. The Hall–Kier alpha value is -3.07. The maximum Gasteiger partial charge on any atom is 0.283 e. The maximum atomic E-state index is 13.6. The van der Waals surface area contributed by atoms with Crippen LogP contribution < -0.4 is 5.32 Å². The summed E-state index contributed by atoms with van der Waals surface area (Å²) in [4.78, 5) is 32.1. The summed E-state index contributed by atoms with van der Waals surface area (Å²) in [5, 5.41) is 23.7. The van der Waals surface area contributed by atoms with Gasteiger partial charge in [-0.25, -0.2) is 4.39 Å². The highest BCUT2D eigenvalue weighted by Crippen LogP contribution is 2.26. The third-order valence-corrected chi connectivity index (χ3v) is 3.05. The number of amides is 1. The Morgan fingerprint density at radius 2 is 1.78 bits per heavy atom. The molecule has 0 saturated heterocycles. The van der Waals surface area contributed by atoms with Crippen LogP contribution >= 0.6 is 11.6 Å².